The number of nitrogens with zero attached hydrogens (tertiary/aromatic N) is 1. The molecule has 0 aliphatic heterocycles. The number of hydrogen-bond donors (Lipinski definition) is 1. The fourth-order valence-electron chi connectivity index (χ4n) is 1.51. The standard InChI is InChI=1S/C12H17BrN2O2/c1-7(2)5-8(3)12(16)14-9(4)10-6-11(13)15-17-10/h6,8-9H,1,5H2,2-4H3,(H,14,16)/t8?,9-/m1/s1. The molecule has 1 aromatic rings. The number of aromatic nitrogens is 1. The van der Waals surface area contributed by atoms with Crippen molar-refractivity contribution in [3.8, 4) is 0 Å². The van der Waals surface area contributed by atoms with Gasteiger partial charge in [0.2, 0.25) is 5.91 Å². The van der Waals surface area contributed by atoms with Crippen molar-refractivity contribution >= 4 is 21.8 Å². The van der Waals surface area contributed by atoms with E-state index in [1.165, 1.54) is 0 Å². The topological polar surface area (TPSA) is 55.1 Å². The summed E-state index contributed by atoms with van der Waals surface area (Å²) in [6.45, 7) is 9.46. The Hall–Kier alpha value is -1.10. The van der Waals surface area contributed by atoms with Crippen LogP contribution in [0.4, 0.5) is 0 Å². The van der Waals surface area contributed by atoms with E-state index in [9.17, 15) is 4.79 Å². The molecular formula is C12H17BrN2O2. The molecule has 1 aromatic heterocycles. The number of rotatable bonds is 5. The molecule has 1 heterocycles. The number of hydrogen-bond acceptors (Lipinski definition) is 3. The highest BCUT2D eigenvalue weighted by Gasteiger charge is 2.18. The number of carbonyl (C=O) groups excluding carboxylic acids is 1. The third-order valence-electron chi connectivity index (χ3n) is 2.39. The second-order valence-electron chi connectivity index (χ2n) is 4.34. The van der Waals surface area contributed by atoms with Crippen molar-refractivity contribution in [2.24, 2.45) is 5.92 Å². The minimum absolute atomic E-state index is 0.00646. The summed E-state index contributed by atoms with van der Waals surface area (Å²) in [7, 11) is 0. The van der Waals surface area contributed by atoms with E-state index in [4.69, 9.17) is 4.52 Å². The van der Waals surface area contributed by atoms with Gasteiger partial charge in [-0.15, -0.1) is 6.58 Å². The predicted octanol–water partition coefficient (Wildman–Crippen LogP) is 3.22. The molecule has 5 heteroatoms. The average Bonchev–Trinajstić information content (AvgIpc) is 2.63. The first kappa shape index (κ1) is 14.0. The average molecular weight is 301 g/mol. The number of carbonyl (C=O) groups is 1. The van der Waals surface area contributed by atoms with Crippen LogP contribution in [-0.4, -0.2) is 11.1 Å². The van der Waals surface area contributed by atoms with Crippen LogP contribution >= 0.6 is 15.9 Å². The van der Waals surface area contributed by atoms with Crippen LogP contribution in [0, 0.1) is 5.92 Å². The van der Waals surface area contributed by atoms with Gasteiger partial charge in [-0.3, -0.25) is 4.79 Å². The molecule has 1 N–H and O–H groups in total. The van der Waals surface area contributed by atoms with Crippen LogP contribution in [0.3, 0.4) is 0 Å². The number of allylic oxidation sites excluding steroid dienone is 1. The van der Waals surface area contributed by atoms with Gasteiger partial charge in [-0.05, 0) is 36.2 Å². The molecule has 0 aromatic carbocycles. The Bertz CT molecular complexity index is 414. The maximum absolute atomic E-state index is 11.8. The van der Waals surface area contributed by atoms with E-state index in [0.717, 1.165) is 5.57 Å². The first-order chi connectivity index (χ1) is 7.90. The molecule has 0 aliphatic carbocycles. The summed E-state index contributed by atoms with van der Waals surface area (Å²) < 4.78 is 5.69. The lowest BCUT2D eigenvalue weighted by Gasteiger charge is -2.15. The lowest BCUT2D eigenvalue weighted by molar-refractivity contribution is -0.125. The van der Waals surface area contributed by atoms with Gasteiger partial charge in [0.05, 0.1) is 6.04 Å². The summed E-state index contributed by atoms with van der Waals surface area (Å²) in [5.41, 5.74) is 1.00. The summed E-state index contributed by atoms with van der Waals surface area (Å²) in [6, 6.07) is 1.56. The fraction of sp³-hybridized carbons (Fsp3) is 0.500. The maximum Gasteiger partial charge on any atom is 0.223 e. The summed E-state index contributed by atoms with van der Waals surface area (Å²) in [5, 5.41) is 6.59. The Morgan fingerprint density at radius 3 is 2.76 bits per heavy atom. The highest BCUT2D eigenvalue weighted by molar-refractivity contribution is 9.10. The van der Waals surface area contributed by atoms with Crippen molar-refractivity contribution in [2.45, 2.75) is 33.2 Å². The van der Waals surface area contributed by atoms with Gasteiger partial charge in [-0.1, -0.05) is 17.7 Å². The molecule has 0 radical (unpaired) electrons. The molecule has 1 amide bonds. The van der Waals surface area contributed by atoms with E-state index in [0.29, 0.717) is 16.8 Å². The Morgan fingerprint density at radius 1 is 1.65 bits per heavy atom. The SMILES string of the molecule is C=C(C)CC(C)C(=O)N[C@H](C)c1cc(Br)no1. The molecule has 0 saturated heterocycles. The van der Waals surface area contributed by atoms with E-state index >= 15 is 0 Å². The Labute approximate surface area is 110 Å². The smallest absolute Gasteiger partial charge is 0.223 e. The highest BCUT2D eigenvalue weighted by Crippen LogP contribution is 2.18. The van der Waals surface area contributed by atoms with Gasteiger partial charge in [0, 0.05) is 12.0 Å². The van der Waals surface area contributed by atoms with Crippen LogP contribution in [0.5, 0.6) is 0 Å². The van der Waals surface area contributed by atoms with Crippen LogP contribution in [0.15, 0.2) is 27.3 Å². The molecule has 1 rings (SSSR count). The molecule has 0 aliphatic rings. The van der Waals surface area contributed by atoms with Gasteiger partial charge in [0.25, 0.3) is 0 Å². The summed E-state index contributed by atoms with van der Waals surface area (Å²) in [6.07, 6.45) is 0.693. The molecule has 0 fully saturated rings. The van der Waals surface area contributed by atoms with Crippen LogP contribution < -0.4 is 5.32 Å². The van der Waals surface area contributed by atoms with Gasteiger partial charge < -0.3 is 9.84 Å². The molecule has 94 valence electrons. The molecule has 0 bridgehead atoms. The van der Waals surface area contributed by atoms with E-state index in [-0.39, 0.29) is 17.9 Å². The monoisotopic (exact) mass is 300 g/mol. The molecular weight excluding hydrogens is 284 g/mol. The quantitative estimate of drug-likeness (QED) is 0.850. The minimum Gasteiger partial charge on any atom is -0.358 e. The van der Waals surface area contributed by atoms with Crippen molar-refractivity contribution in [2.75, 3.05) is 0 Å². The lowest BCUT2D eigenvalue weighted by atomic mass is 10.0. The van der Waals surface area contributed by atoms with Gasteiger partial charge in [0.15, 0.2) is 5.76 Å². The largest absolute Gasteiger partial charge is 0.358 e. The zero-order chi connectivity index (χ0) is 13.0. The molecule has 1 unspecified atom stereocenters. The molecule has 0 spiro atoms. The normalized spacial score (nSPS) is 14.1. The van der Waals surface area contributed by atoms with Crippen molar-refractivity contribution in [1.29, 1.82) is 0 Å². The van der Waals surface area contributed by atoms with E-state index < -0.39 is 0 Å². The van der Waals surface area contributed by atoms with Crippen LogP contribution in [0.25, 0.3) is 0 Å². The van der Waals surface area contributed by atoms with Gasteiger partial charge >= 0.3 is 0 Å². The molecule has 0 saturated carbocycles. The molecule has 17 heavy (non-hydrogen) atoms. The Kier molecular flexibility index (Phi) is 4.93. The van der Waals surface area contributed by atoms with Gasteiger partial charge in [-0.2, -0.15) is 0 Å². The number of amides is 1. The van der Waals surface area contributed by atoms with Gasteiger partial charge in [0.1, 0.15) is 4.60 Å². The van der Waals surface area contributed by atoms with Crippen molar-refractivity contribution < 1.29 is 9.32 Å². The fourth-order valence-corrected chi connectivity index (χ4v) is 1.81. The molecule has 4 nitrogen and oxygen atoms in total. The third-order valence-corrected chi connectivity index (χ3v) is 2.76. The highest BCUT2D eigenvalue weighted by atomic mass is 79.9. The van der Waals surface area contributed by atoms with Crippen LogP contribution in [-0.2, 0) is 4.79 Å². The number of halogens is 1. The van der Waals surface area contributed by atoms with E-state index in [2.05, 4.69) is 33.0 Å². The van der Waals surface area contributed by atoms with Gasteiger partial charge in [-0.25, -0.2) is 0 Å². The predicted molar refractivity (Wildman–Crippen MR) is 69.4 cm³/mol. The van der Waals surface area contributed by atoms with Crippen molar-refractivity contribution in [1.82, 2.24) is 10.5 Å². The first-order valence-electron chi connectivity index (χ1n) is 5.47. The zero-order valence-electron chi connectivity index (χ0n) is 10.3. The maximum atomic E-state index is 11.8. The summed E-state index contributed by atoms with van der Waals surface area (Å²) in [4.78, 5) is 11.8. The van der Waals surface area contributed by atoms with Crippen LogP contribution in [0.1, 0.15) is 39.0 Å². The molecule has 2 atom stereocenters. The Balaban J connectivity index is 2.53. The van der Waals surface area contributed by atoms with Crippen LogP contribution in [0.2, 0.25) is 0 Å². The van der Waals surface area contributed by atoms with E-state index in [1.54, 1.807) is 6.07 Å². The second-order valence-corrected chi connectivity index (χ2v) is 5.16. The van der Waals surface area contributed by atoms with Crippen molar-refractivity contribution in [3.05, 3.63) is 28.6 Å². The van der Waals surface area contributed by atoms with Crippen molar-refractivity contribution in [3.63, 3.8) is 0 Å². The minimum atomic E-state index is -0.186. The first-order valence-corrected chi connectivity index (χ1v) is 6.26. The van der Waals surface area contributed by atoms with E-state index in [1.807, 2.05) is 20.8 Å². The third kappa shape index (κ3) is 4.34. The summed E-state index contributed by atoms with van der Waals surface area (Å²) >= 11 is 3.20. The summed E-state index contributed by atoms with van der Waals surface area (Å²) in [5.74, 6) is 0.544. The Morgan fingerprint density at radius 2 is 2.29 bits per heavy atom. The second kappa shape index (κ2) is 6.00. The zero-order valence-corrected chi connectivity index (χ0v) is 11.9. The lowest BCUT2D eigenvalue weighted by Crippen LogP contribution is -2.31. The number of nitrogens with one attached hydrogen (secondary N) is 1.